The third-order valence-corrected chi connectivity index (χ3v) is 3.10. The van der Waals surface area contributed by atoms with Crippen molar-refractivity contribution in [3.05, 3.63) is 33.8 Å². The van der Waals surface area contributed by atoms with E-state index in [0.29, 0.717) is 6.61 Å². The number of nitrogens with zero attached hydrogens (tertiary/aromatic N) is 1. The van der Waals surface area contributed by atoms with Crippen LogP contribution in [0.3, 0.4) is 0 Å². The smallest absolute Gasteiger partial charge is 0.219 e. The molecule has 0 aliphatic heterocycles. The number of ether oxygens (including phenoxy) is 1. The van der Waals surface area contributed by atoms with Gasteiger partial charge in [-0.2, -0.15) is 4.73 Å². The molecule has 0 amide bonds. The van der Waals surface area contributed by atoms with Gasteiger partial charge in [0, 0.05) is 25.2 Å². The van der Waals surface area contributed by atoms with Crippen molar-refractivity contribution in [3.63, 3.8) is 0 Å². The molecule has 0 atom stereocenters. The van der Waals surface area contributed by atoms with E-state index in [-0.39, 0.29) is 0 Å². The molecule has 0 radical (unpaired) electrons. The van der Waals surface area contributed by atoms with Crippen molar-refractivity contribution in [2.24, 2.45) is 0 Å². The summed E-state index contributed by atoms with van der Waals surface area (Å²) in [6, 6.07) is 1.96. The highest BCUT2D eigenvalue weighted by Crippen LogP contribution is 2.22. The molecule has 0 unspecified atom stereocenters. The van der Waals surface area contributed by atoms with Gasteiger partial charge in [-0.3, -0.25) is 0 Å². The van der Waals surface area contributed by atoms with Crippen LogP contribution >= 0.6 is 0 Å². The van der Waals surface area contributed by atoms with Crippen LogP contribution in [0.2, 0.25) is 0 Å². The molecule has 3 heteroatoms. The standard InChI is InChI=1S/C12H17NO2/c1-9-7-10(8-15-2)13(14)12-6-4-3-5-11(9)12/h7H,3-6,8H2,1-2H3. The summed E-state index contributed by atoms with van der Waals surface area (Å²) in [4.78, 5) is 0. The second kappa shape index (κ2) is 4.19. The summed E-state index contributed by atoms with van der Waals surface area (Å²) in [5.41, 5.74) is 4.20. The molecule has 0 saturated heterocycles. The lowest BCUT2D eigenvalue weighted by Crippen LogP contribution is -2.39. The summed E-state index contributed by atoms with van der Waals surface area (Å²) in [6.07, 6.45) is 4.30. The summed E-state index contributed by atoms with van der Waals surface area (Å²) in [6.45, 7) is 2.49. The molecule has 82 valence electrons. The molecule has 1 aromatic rings. The SMILES string of the molecule is COCc1cc(C)c2c([n+]1[O-])CCCC2. The van der Waals surface area contributed by atoms with Crippen molar-refractivity contribution in [2.45, 2.75) is 39.2 Å². The largest absolute Gasteiger partial charge is 0.618 e. The number of rotatable bonds is 2. The van der Waals surface area contributed by atoms with Gasteiger partial charge in [0.2, 0.25) is 5.69 Å². The molecule has 0 aromatic carbocycles. The molecule has 0 spiro atoms. The second-order valence-electron chi connectivity index (χ2n) is 4.18. The van der Waals surface area contributed by atoms with Crippen LogP contribution in [0, 0.1) is 12.1 Å². The Balaban J connectivity index is 2.49. The van der Waals surface area contributed by atoms with Crippen LogP contribution in [0.15, 0.2) is 6.07 Å². The molecule has 2 rings (SSSR count). The van der Waals surface area contributed by atoms with Crippen molar-refractivity contribution in [2.75, 3.05) is 7.11 Å². The molecular weight excluding hydrogens is 190 g/mol. The monoisotopic (exact) mass is 207 g/mol. The number of aromatic nitrogens is 1. The minimum absolute atomic E-state index is 0.400. The number of aryl methyl sites for hydroxylation is 1. The van der Waals surface area contributed by atoms with Crippen LogP contribution < -0.4 is 4.73 Å². The predicted octanol–water partition coefficient (Wildman–Crippen LogP) is 1.65. The maximum atomic E-state index is 12.0. The van der Waals surface area contributed by atoms with Gasteiger partial charge in [-0.25, -0.2) is 0 Å². The summed E-state index contributed by atoms with van der Waals surface area (Å²) in [5.74, 6) is 0. The van der Waals surface area contributed by atoms with E-state index in [9.17, 15) is 5.21 Å². The first-order valence-corrected chi connectivity index (χ1v) is 5.46. The second-order valence-corrected chi connectivity index (χ2v) is 4.18. The van der Waals surface area contributed by atoms with E-state index in [4.69, 9.17) is 4.74 Å². The summed E-state index contributed by atoms with van der Waals surface area (Å²) >= 11 is 0. The first-order valence-electron chi connectivity index (χ1n) is 5.46. The third kappa shape index (κ3) is 1.84. The van der Waals surface area contributed by atoms with E-state index in [0.717, 1.165) is 35.4 Å². The predicted molar refractivity (Wildman–Crippen MR) is 57.5 cm³/mol. The fourth-order valence-corrected chi connectivity index (χ4v) is 2.36. The first-order chi connectivity index (χ1) is 7.24. The number of fused-ring (bicyclic) bond motifs is 1. The van der Waals surface area contributed by atoms with E-state index >= 15 is 0 Å². The van der Waals surface area contributed by atoms with Gasteiger partial charge < -0.3 is 9.94 Å². The molecule has 0 bridgehead atoms. The van der Waals surface area contributed by atoms with Gasteiger partial charge in [-0.05, 0) is 31.7 Å². The van der Waals surface area contributed by atoms with Crippen LogP contribution in [0.1, 0.15) is 35.4 Å². The van der Waals surface area contributed by atoms with Gasteiger partial charge in [0.1, 0.15) is 6.61 Å². The Hall–Kier alpha value is -1.09. The van der Waals surface area contributed by atoms with Crippen LogP contribution in [-0.2, 0) is 24.2 Å². The number of hydrogen-bond donors (Lipinski definition) is 0. The fourth-order valence-electron chi connectivity index (χ4n) is 2.36. The highest BCUT2D eigenvalue weighted by molar-refractivity contribution is 5.30. The van der Waals surface area contributed by atoms with Gasteiger partial charge in [-0.15, -0.1) is 0 Å². The number of pyridine rings is 1. The van der Waals surface area contributed by atoms with Gasteiger partial charge >= 0.3 is 0 Å². The molecule has 1 aliphatic rings. The zero-order valence-corrected chi connectivity index (χ0v) is 9.38. The van der Waals surface area contributed by atoms with Gasteiger partial charge in [-0.1, -0.05) is 0 Å². The molecule has 3 nitrogen and oxygen atoms in total. The zero-order valence-electron chi connectivity index (χ0n) is 9.38. The van der Waals surface area contributed by atoms with Crippen LogP contribution in [0.4, 0.5) is 0 Å². The highest BCUT2D eigenvalue weighted by atomic mass is 16.5. The normalized spacial score (nSPS) is 15.1. The Bertz CT molecular complexity index is 374. The Kier molecular flexibility index (Phi) is 2.91. The van der Waals surface area contributed by atoms with Crippen molar-refractivity contribution in [3.8, 4) is 0 Å². The summed E-state index contributed by atoms with van der Waals surface area (Å²) in [7, 11) is 1.62. The van der Waals surface area contributed by atoms with E-state index in [1.807, 2.05) is 6.07 Å². The highest BCUT2D eigenvalue weighted by Gasteiger charge is 2.22. The molecule has 0 N–H and O–H groups in total. The lowest BCUT2D eigenvalue weighted by atomic mass is 9.92. The summed E-state index contributed by atoms with van der Waals surface area (Å²) < 4.78 is 6.11. The average molecular weight is 207 g/mol. The fraction of sp³-hybridized carbons (Fsp3) is 0.583. The van der Waals surface area contributed by atoms with Crippen LogP contribution in [-0.4, -0.2) is 7.11 Å². The minimum atomic E-state index is 0.400. The maximum Gasteiger partial charge on any atom is 0.219 e. The molecular formula is C12H17NO2. The lowest BCUT2D eigenvalue weighted by Gasteiger charge is -2.19. The Morgan fingerprint density at radius 1 is 1.40 bits per heavy atom. The average Bonchev–Trinajstić information content (AvgIpc) is 2.26. The molecule has 1 heterocycles. The molecule has 1 aromatic heterocycles. The van der Waals surface area contributed by atoms with Gasteiger partial charge in [0.15, 0.2) is 5.69 Å². The van der Waals surface area contributed by atoms with Gasteiger partial charge in [0.05, 0.1) is 0 Å². The Morgan fingerprint density at radius 2 is 2.13 bits per heavy atom. The van der Waals surface area contributed by atoms with E-state index < -0.39 is 0 Å². The van der Waals surface area contributed by atoms with Crippen LogP contribution in [0.25, 0.3) is 0 Å². The summed E-state index contributed by atoms with van der Waals surface area (Å²) in [5, 5.41) is 12.0. The molecule has 1 aliphatic carbocycles. The molecule has 0 fully saturated rings. The van der Waals surface area contributed by atoms with Gasteiger partial charge in [0.25, 0.3) is 0 Å². The number of hydrogen-bond acceptors (Lipinski definition) is 2. The maximum absolute atomic E-state index is 12.0. The quantitative estimate of drug-likeness (QED) is 0.546. The zero-order chi connectivity index (χ0) is 10.8. The van der Waals surface area contributed by atoms with E-state index in [1.165, 1.54) is 17.5 Å². The Morgan fingerprint density at radius 3 is 2.87 bits per heavy atom. The van der Waals surface area contributed by atoms with Crippen molar-refractivity contribution < 1.29 is 9.47 Å². The van der Waals surface area contributed by atoms with Crippen LogP contribution in [0.5, 0.6) is 0 Å². The Labute approximate surface area is 90.3 Å². The van der Waals surface area contributed by atoms with E-state index in [2.05, 4.69) is 6.92 Å². The van der Waals surface area contributed by atoms with E-state index in [1.54, 1.807) is 7.11 Å². The first kappa shape index (κ1) is 10.4. The minimum Gasteiger partial charge on any atom is -0.618 e. The number of methoxy groups -OCH3 is 1. The third-order valence-electron chi connectivity index (χ3n) is 3.10. The molecule has 15 heavy (non-hydrogen) atoms. The van der Waals surface area contributed by atoms with Crippen molar-refractivity contribution in [1.82, 2.24) is 0 Å². The molecule has 0 saturated carbocycles. The topological polar surface area (TPSA) is 36.2 Å². The van der Waals surface area contributed by atoms with Crippen molar-refractivity contribution in [1.29, 1.82) is 0 Å². The lowest BCUT2D eigenvalue weighted by molar-refractivity contribution is -0.625. The van der Waals surface area contributed by atoms with Crippen molar-refractivity contribution >= 4 is 0 Å².